The van der Waals surface area contributed by atoms with E-state index in [1.807, 2.05) is 4.90 Å². The predicted molar refractivity (Wildman–Crippen MR) is 97.1 cm³/mol. The fourth-order valence-corrected chi connectivity index (χ4v) is 6.23. The van der Waals surface area contributed by atoms with Crippen molar-refractivity contribution in [1.82, 2.24) is 15.5 Å². The van der Waals surface area contributed by atoms with Crippen molar-refractivity contribution >= 4 is 11.9 Å². The van der Waals surface area contributed by atoms with E-state index in [-0.39, 0.29) is 23.5 Å². The Balaban J connectivity index is 1.24. The first kappa shape index (κ1) is 17.2. The molecule has 5 rings (SSSR count). The van der Waals surface area contributed by atoms with Gasteiger partial charge in [0, 0.05) is 30.6 Å². The van der Waals surface area contributed by atoms with E-state index in [1.165, 1.54) is 19.3 Å². The molecule has 0 aromatic heterocycles. The van der Waals surface area contributed by atoms with Crippen LogP contribution >= 0.6 is 0 Å². The third kappa shape index (κ3) is 3.65. The normalized spacial score (nSPS) is 35.7. The summed E-state index contributed by atoms with van der Waals surface area (Å²) in [6.07, 6.45) is 10.3. The summed E-state index contributed by atoms with van der Waals surface area (Å²) in [6, 6.07) is 0.617. The molecule has 4 bridgehead atoms. The second kappa shape index (κ2) is 6.48. The number of nitrogens with zero attached hydrogens (tertiary/aromatic N) is 1. The summed E-state index contributed by atoms with van der Waals surface area (Å²) in [5.41, 5.74) is 0.0425. The molecule has 2 N–H and O–H groups in total. The van der Waals surface area contributed by atoms with Crippen LogP contribution < -0.4 is 10.6 Å². The van der Waals surface area contributed by atoms with Crippen molar-refractivity contribution in [3.8, 4) is 0 Å². The Morgan fingerprint density at radius 3 is 2.08 bits per heavy atom. The van der Waals surface area contributed by atoms with E-state index >= 15 is 0 Å². The quantitative estimate of drug-likeness (QED) is 0.776. The lowest BCUT2D eigenvalue weighted by atomic mass is 9.53. The smallest absolute Gasteiger partial charge is 0.315 e. The van der Waals surface area contributed by atoms with Crippen molar-refractivity contribution in [3.05, 3.63) is 0 Å². The molecular weight excluding hydrogens is 314 g/mol. The van der Waals surface area contributed by atoms with E-state index in [0.29, 0.717) is 19.0 Å². The lowest BCUT2D eigenvalue weighted by molar-refractivity contribution is -0.133. The lowest BCUT2D eigenvalue weighted by Crippen LogP contribution is -2.61. The Kier molecular flexibility index (Phi) is 4.45. The van der Waals surface area contributed by atoms with Gasteiger partial charge in [-0.3, -0.25) is 4.79 Å². The van der Waals surface area contributed by atoms with Crippen molar-refractivity contribution in [1.29, 1.82) is 0 Å². The van der Waals surface area contributed by atoms with Gasteiger partial charge in [-0.05, 0) is 83.0 Å². The molecule has 0 radical (unpaired) electrons. The van der Waals surface area contributed by atoms with Gasteiger partial charge in [0.15, 0.2) is 0 Å². The molecule has 140 valence electrons. The van der Waals surface area contributed by atoms with Crippen molar-refractivity contribution in [2.24, 2.45) is 17.8 Å². The number of carbonyl (C=O) groups is 2. The summed E-state index contributed by atoms with van der Waals surface area (Å²) in [4.78, 5) is 26.8. The maximum absolute atomic E-state index is 12.4. The first-order chi connectivity index (χ1) is 11.9. The highest BCUT2D eigenvalue weighted by molar-refractivity contribution is 5.79. The maximum Gasteiger partial charge on any atom is 0.315 e. The summed E-state index contributed by atoms with van der Waals surface area (Å²) >= 11 is 0. The molecule has 5 fully saturated rings. The number of hydrogen-bond acceptors (Lipinski definition) is 2. The highest BCUT2D eigenvalue weighted by Crippen LogP contribution is 2.55. The van der Waals surface area contributed by atoms with Crippen LogP contribution in [0.2, 0.25) is 0 Å². The lowest BCUT2D eigenvalue weighted by Gasteiger charge is -2.56. The van der Waals surface area contributed by atoms with Crippen molar-refractivity contribution in [2.45, 2.75) is 89.3 Å². The second-order valence-corrected chi connectivity index (χ2v) is 9.45. The molecule has 0 heterocycles. The fourth-order valence-electron chi connectivity index (χ4n) is 6.23. The topological polar surface area (TPSA) is 61.4 Å². The van der Waals surface area contributed by atoms with E-state index in [9.17, 15) is 9.59 Å². The van der Waals surface area contributed by atoms with Crippen LogP contribution in [-0.4, -0.2) is 41.0 Å². The highest BCUT2D eigenvalue weighted by atomic mass is 16.2. The first-order valence-electron chi connectivity index (χ1n) is 10.3. The zero-order valence-electron chi connectivity index (χ0n) is 15.7. The Hall–Kier alpha value is -1.26. The van der Waals surface area contributed by atoms with Gasteiger partial charge in [-0.25, -0.2) is 4.79 Å². The Morgan fingerprint density at radius 2 is 1.60 bits per heavy atom. The molecular formula is C20H33N3O2. The molecule has 0 aromatic rings. The molecule has 5 aliphatic carbocycles. The Labute approximate surface area is 151 Å². The molecule has 5 saturated carbocycles. The summed E-state index contributed by atoms with van der Waals surface area (Å²) < 4.78 is 0. The number of urea groups is 1. The van der Waals surface area contributed by atoms with Gasteiger partial charge in [-0.1, -0.05) is 0 Å². The molecule has 5 heteroatoms. The van der Waals surface area contributed by atoms with Gasteiger partial charge in [-0.15, -0.1) is 0 Å². The van der Waals surface area contributed by atoms with E-state index in [1.54, 1.807) is 0 Å². The predicted octanol–water partition coefficient (Wildman–Crippen LogP) is 3.04. The third-order valence-electron chi connectivity index (χ3n) is 6.83. The molecule has 5 aliphatic rings. The zero-order chi connectivity index (χ0) is 17.6. The van der Waals surface area contributed by atoms with Crippen LogP contribution in [0.5, 0.6) is 0 Å². The van der Waals surface area contributed by atoms with Gasteiger partial charge in [0.1, 0.15) is 0 Å². The minimum atomic E-state index is -0.0720. The summed E-state index contributed by atoms with van der Waals surface area (Å²) in [5.74, 6) is 2.65. The highest BCUT2D eigenvalue weighted by Gasteiger charge is 2.51. The SMILES string of the molecule is CC(C)N(C(=O)CCNC(=O)NC12CC3CC(CC(C3)C1)C2)C1CC1. The van der Waals surface area contributed by atoms with Gasteiger partial charge in [0.2, 0.25) is 5.91 Å². The molecule has 0 aromatic carbocycles. The van der Waals surface area contributed by atoms with E-state index < -0.39 is 0 Å². The number of rotatable bonds is 6. The number of carbonyl (C=O) groups excluding carboxylic acids is 2. The van der Waals surface area contributed by atoms with Crippen molar-refractivity contribution in [3.63, 3.8) is 0 Å². The van der Waals surface area contributed by atoms with Crippen LogP contribution in [0.15, 0.2) is 0 Å². The number of nitrogens with one attached hydrogen (secondary N) is 2. The molecule has 0 saturated heterocycles. The minimum absolute atomic E-state index is 0.0425. The maximum atomic E-state index is 12.4. The van der Waals surface area contributed by atoms with Gasteiger partial charge in [-0.2, -0.15) is 0 Å². The van der Waals surface area contributed by atoms with E-state index in [2.05, 4.69) is 24.5 Å². The van der Waals surface area contributed by atoms with Crippen LogP contribution in [0.25, 0.3) is 0 Å². The van der Waals surface area contributed by atoms with Gasteiger partial charge >= 0.3 is 6.03 Å². The molecule has 0 atom stereocenters. The number of amides is 3. The summed E-state index contributed by atoms with van der Waals surface area (Å²) in [7, 11) is 0. The molecule has 3 amide bonds. The van der Waals surface area contributed by atoms with Crippen LogP contribution in [0.3, 0.4) is 0 Å². The summed E-state index contributed by atoms with van der Waals surface area (Å²) in [6.45, 7) is 4.58. The molecule has 0 spiro atoms. The standard InChI is InChI=1S/C20H33N3O2/c1-13(2)23(17-3-4-17)18(24)5-6-21-19(25)22-20-10-14-7-15(11-20)9-16(8-14)12-20/h13-17H,3-12H2,1-2H3,(H2,21,22,25). The van der Waals surface area contributed by atoms with Crippen molar-refractivity contribution < 1.29 is 9.59 Å². The molecule has 25 heavy (non-hydrogen) atoms. The second-order valence-electron chi connectivity index (χ2n) is 9.45. The molecule has 0 aliphatic heterocycles. The fraction of sp³-hybridized carbons (Fsp3) is 0.900. The van der Waals surface area contributed by atoms with Crippen LogP contribution in [0.4, 0.5) is 4.79 Å². The van der Waals surface area contributed by atoms with E-state index in [0.717, 1.165) is 49.9 Å². The summed E-state index contributed by atoms with van der Waals surface area (Å²) in [5, 5.41) is 6.25. The van der Waals surface area contributed by atoms with Gasteiger partial charge in [0.25, 0.3) is 0 Å². The average molecular weight is 348 g/mol. The first-order valence-corrected chi connectivity index (χ1v) is 10.3. The minimum Gasteiger partial charge on any atom is -0.338 e. The molecule has 0 unspecified atom stereocenters. The van der Waals surface area contributed by atoms with Gasteiger partial charge < -0.3 is 15.5 Å². The van der Waals surface area contributed by atoms with Gasteiger partial charge in [0.05, 0.1) is 0 Å². The monoisotopic (exact) mass is 347 g/mol. The van der Waals surface area contributed by atoms with Crippen LogP contribution in [0.1, 0.15) is 71.6 Å². The third-order valence-corrected chi connectivity index (χ3v) is 6.83. The van der Waals surface area contributed by atoms with Crippen molar-refractivity contribution in [2.75, 3.05) is 6.54 Å². The molecule has 5 nitrogen and oxygen atoms in total. The zero-order valence-corrected chi connectivity index (χ0v) is 15.7. The average Bonchev–Trinajstić information content (AvgIpc) is 3.29. The Morgan fingerprint density at radius 1 is 1.04 bits per heavy atom. The van der Waals surface area contributed by atoms with E-state index in [4.69, 9.17) is 0 Å². The number of hydrogen-bond donors (Lipinski definition) is 2. The Bertz CT molecular complexity index is 504. The largest absolute Gasteiger partial charge is 0.338 e. The van der Waals surface area contributed by atoms with Crippen LogP contribution in [-0.2, 0) is 4.79 Å². The van der Waals surface area contributed by atoms with Crippen LogP contribution in [0, 0.1) is 17.8 Å².